The first-order valence-electron chi connectivity index (χ1n) is 12.7. The van der Waals surface area contributed by atoms with Crippen molar-refractivity contribution in [3.63, 3.8) is 0 Å². The Balaban J connectivity index is 2.44. The summed E-state index contributed by atoms with van der Waals surface area (Å²) < 4.78 is 32.2. The van der Waals surface area contributed by atoms with Gasteiger partial charge in [0.05, 0.1) is 5.71 Å². The van der Waals surface area contributed by atoms with Gasteiger partial charge in [0.15, 0.2) is 0 Å². The summed E-state index contributed by atoms with van der Waals surface area (Å²) in [5, 5.41) is 13.5. The molecule has 36 heavy (non-hydrogen) atoms. The maximum absolute atomic E-state index is 13.5. The summed E-state index contributed by atoms with van der Waals surface area (Å²) in [4.78, 5) is 5.00. The predicted octanol–water partition coefficient (Wildman–Crippen LogP) is 8.15. The Bertz CT molecular complexity index is 1130. The molecule has 0 saturated carbocycles. The van der Waals surface area contributed by atoms with Crippen LogP contribution in [0.4, 0.5) is 0 Å². The van der Waals surface area contributed by atoms with Crippen molar-refractivity contribution in [2.24, 2.45) is 10.6 Å². The lowest BCUT2D eigenvalue weighted by Gasteiger charge is -2.31. The fourth-order valence-electron chi connectivity index (χ4n) is 4.11. The second kappa shape index (κ2) is 11.9. The Morgan fingerprint density at radius 3 is 1.81 bits per heavy atom. The Morgan fingerprint density at radius 2 is 1.42 bits per heavy atom. The molecule has 6 nitrogen and oxygen atoms in total. The Labute approximate surface area is 217 Å². The lowest BCUT2D eigenvalue weighted by molar-refractivity contribution is -0.305. The molecule has 1 unspecified atom stereocenters. The van der Waals surface area contributed by atoms with Gasteiger partial charge in [0.25, 0.3) is 0 Å². The minimum atomic E-state index is -4.15. The van der Waals surface area contributed by atoms with Crippen molar-refractivity contribution < 1.29 is 22.8 Å². The number of rotatable bonds is 11. The van der Waals surface area contributed by atoms with Gasteiger partial charge in [-0.25, -0.2) is 4.89 Å². The van der Waals surface area contributed by atoms with Gasteiger partial charge in [0, 0.05) is 0 Å². The molecule has 0 fully saturated rings. The van der Waals surface area contributed by atoms with Crippen LogP contribution in [0.3, 0.4) is 0 Å². The number of oxime groups is 1. The van der Waals surface area contributed by atoms with Gasteiger partial charge in [-0.1, -0.05) is 104 Å². The van der Waals surface area contributed by atoms with E-state index in [-0.39, 0.29) is 28.1 Å². The maximum Gasteiger partial charge on any atom is 0.359 e. The first-order chi connectivity index (χ1) is 16.7. The van der Waals surface area contributed by atoms with Crippen LogP contribution in [-0.2, 0) is 19.3 Å². The molecule has 0 saturated heterocycles. The molecule has 0 aliphatic rings. The van der Waals surface area contributed by atoms with E-state index in [9.17, 15) is 13.7 Å². The summed E-state index contributed by atoms with van der Waals surface area (Å²) in [5.41, 5.74) is 4.30. The number of benzene rings is 2. The summed E-state index contributed by atoms with van der Waals surface area (Å²) in [6.07, 6.45) is 0.337. The second-order valence-corrected chi connectivity index (χ2v) is 12.6. The summed E-state index contributed by atoms with van der Waals surface area (Å²) in [5.74, 6) is 0.280. The average molecular weight is 518 g/mol. The van der Waals surface area contributed by atoms with Gasteiger partial charge in [-0.3, -0.25) is 9.54 Å². The van der Waals surface area contributed by atoms with Crippen molar-refractivity contribution in [1.82, 2.24) is 0 Å². The standard InChI is InChI=1S/C29H43NO5S/c1-11-29(9,10)28(34-31)23-14-12-22(13-15-23)21(8)30-35-36(32,33)27-25(19(4)5)16-24(18(2)3)17-26(27)20(6)7/h12-20,28,31H,11H2,1-10H3. The molecule has 0 amide bonds. The van der Waals surface area contributed by atoms with E-state index in [0.29, 0.717) is 11.3 Å². The van der Waals surface area contributed by atoms with E-state index in [2.05, 4.69) is 19.0 Å². The van der Waals surface area contributed by atoms with Crippen LogP contribution in [0.2, 0.25) is 0 Å². The van der Waals surface area contributed by atoms with Crippen molar-refractivity contribution in [1.29, 1.82) is 0 Å². The minimum Gasteiger partial charge on any atom is -0.264 e. The number of hydrogen-bond acceptors (Lipinski definition) is 6. The molecule has 2 rings (SSSR count). The fraction of sp³-hybridized carbons (Fsp3) is 0.552. The van der Waals surface area contributed by atoms with Gasteiger partial charge in [-0.05, 0) is 64.3 Å². The van der Waals surface area contributed by atoms with E-state index in [1.54, 1.807) is 6.92 Å². The van der Waals surface area contributed by atoms with E-state index < -0.39 is 16.2 Å². The van der Waals surface area contributed by atoms with E-state index in [0.717, 1.165) is 28.7 Å². The van der Waals surface area contributed by atoms with Crippen molar-refractivity contribution in [3.05, 3.63) is 64.2 Å². The first-order valence-corrected chi connectivity index (χ1v) is 14.1. The van der Waals surface area contributed by atoms with E-state index in [1.165, 1.54) is 0 Å². The van der Waals surface area contributed by atoms with Crippen molar-refractivity contribution in [2.75, 3.05) is 0 Å². The molecule has 0 radical (unpaired) electrons. The molecule has 0 aliphatic carbocycles. The number of nitrogens with zero attached hydrogens (tertiary/aromatic N) is 1. The van der Waals surface area contributed by atoms with Crippen LogP contribution in [-0.4, -0.2) is 19.4 Å². The Hall–Kier alpha value is -2.22. The van der Waals surface area contributed by atoms with Gasteiger partial charge in [-0.15, -0.1) is 0 Å². The molecule has 0 aromatic heterocycles. The SMILES string of the molecule is CCC(C)(C)C(OO)c1ccc(C(C)=NOS(=O)(=O)c2c(C(C)C)cc(C(C)C)cc2C(C)C)cc1. The molecule has 200 valence electrons. The highest BCUT2D eigenvalue weighted by atomic mass is 32.2. The predicted molar refractivity (Wildman–Crippen MR) is 146 cm³/mol. The third-order valence-electron chi connectivity index (χ3n) is 6.96. The zero-order valence-corrected chi connectivity index (χ0v) is 24.2. The molecule has 0 spiro atoms. The third kappa shape index (κ3) is 6.75. The smallest absolute Gasteiger partial charge is 0.264 e. The largest absolute Gasteiger partial charge is 0.359 e. The van der Waals surface area contributed by atoms with Gasteiger partial charge in [0.2, 0.25) is 0 Å². The normalized spacial score (nSPS) is 14.1. The highest BCUT2D eigenvalue weighted by molar-refractivity contribution is 7.86. The van der Waals surface area contributed by atoms with Crippen LogP contribution < -0.4 is 0 Å². The molecule has 2 aromatic rings. The molecular formula is C29H43NO5S. The van der Waals surface area contributed by atoms with Crippen LogP contribution in [0.5, 0.6) is 0 Å². The van der Waals surface area contributed by atoms with E-state index in [4.69, 9.17) is 9.17 Å². The summed E-state index contributed by atoms with van der Waals surface area (Å²) in [7, 11) is -4.15. The zero-order chi connectivity index (χ0) is 27.4. The van der Waals surface area contributed by atoms with E-state index >= 15 is 0 Å². The highest BCUT2D eigenvalue weighted by Gasteiger charge is 2.31. The molecule has 0 aliphatic heterocycles. The second-order valence-electron chi connectivity index (χ2n) is 11.1. The van der Waals surface area contributed by atoms with E-state index in [1.807, 2.05) is 84.9 Å². The van der Waals surface area contributed by atoms with Gasteiger partial charge in [-0.2, -0.15) is 8.42 Å². The molecule has 0 bridgehead atoms. The lowest BCUT2D eigenvalue weighted by Crippen LogP contribution is -2.23. The lowest BCUT2D eigenvalue weighted by atomic mass is 9.80. The van der Waals surface area contributed by atoms with Crippen LogP contribution >= 0.6 is 0 Å². The Kier molecular flexibility index (Phi) is 9.91. The van der Waals surface area contributed by atoms with Crippen LogP contribution in [0.15, 0.2) is 46.4 Å². The fourth-order valence-corrected chi connectivity index (χ4v) is 5.56. The monoisotopic (exact) mass is 517 g/mol. The zero-order valence-electron chi connectivity index (χ0n) is 23.4. The first kappa shape index (κ1) is 30.0. The van der Waals surface area contributed by atoms with Crippen molar-refractivity contribution in [3.8, 4) is 0 Å². The van der Waals surface area contributed by atoms with Gasteiger partial charge < -0.3 is 0 Å². The molecule has 1 N–H and O–H groups in total. The highest BCUT2D eigenvalue weighted by Crippen LogP contribution is 2.39. The summed E-state index contributed by atoms with van der Waals surface area (Å²) >= 11 is 0. The molecular weight excluding hydrogens is 474 g/mol. The topological polar surface area (TPSA) is 85.2 Å². The van der Waals surface area contributed by atoms with Gasteiger partial charge in [0.1, 0.15) is 11.0 Å². The minimum absolute atomic E-state index is 0.00116. The molecule has 0 heterocycles. The van der Waals surface area contributed by atoms with Gasteiger partial charge >= 0.3 is 10.1 Å². The maximum atomic E-state index is 13.5. The third-order valence-corrected chi connectivity index (χ3v) is 8.20. The molecule has 7 heteroatoms. The molecule has 2 aromatic carbocycles. The molecule has 1 atom stereocenters. The van der Waals surface area contributed by atoms with Crippen molar-refractivity contribution in [2.45, 2.75) is 104 Å². The number of hydrogen-bond donors (Lipinski definition) is 1. The summed E-state index contributed by atoms with van der Waals surface area (Å²) in [6, 6.07) is 11.3. The quantitative estimate of drug-likeness (QED) is 0.185. The summed E-state index contributed by atoms with van der Waals surface area (Å²) in [6.45, 7) is 20.0. The van der Waals surface area contributed by atoms with Crippen LogP contribution in [0, 0.1) is 5.41 Å². The van der Waals surface area contributed by atoms with Crippen LogP contribution in [0.25, 0.3) is 0 Å². The van der Waals surface area contributed by atoms with Crippen molar-refractivity contribution >= 4 is 15.8 Å². The Morgan fingerprint density at radius 1 is 0.917 bits per heavy atom. The van der Waals surface area contributed by atoms with Crippen LogP contribution in [0.1, 0.15) is 127 Å². The average Bonchev–Trinajstić information content (AvgIpc) is 2.82.